The molecule has 1 saturated heterocycles. The highest BCUT2D eigenvalue weighted by atomic mass is 79.9. The zero-order valence-electron chi connectivity index (χ0n) is 20.6. The number of aliphatic imine (C=N–C) groups is 1. The van der Waals surface area contributed by atoms with Gasteiger partial charge in [-0.1, -0.05) is 28.9 Å². The third kappa shape index (κ3) is 6.26. The summed E-state index contributed by atoms with van der Waals surface area (Å²) in [4.78, 5) is 35.1. The number of amidine groups is 1. The number of hydrogen-bond donors (Lipinski definition) is 2. The minimum absolute atomic E-state index is 0.0655. The summed E-state index contributed by atoms with van der Waals surface area (Å²) < 4.78 is 48.8. The van der Waals surface area contributed by atoms with Crippen LogP contribution in [0.1, 0.15) is 43.3 Å². The molecule has 0 bridgehead atoms. The highest BCUT2D eigenvalue weighted by Gasteiger charge is 2.48. The second kappa shape index (κ2) is 11.5. The van der Waals surface area contributed by atoms with Gasteiger partial charge in [0.2, 0.25) is 0 Å². The van der Waals surface area contributed by atoms with Crippen molar-refractivity contribution < 1.29 is 32.6 Å². The molecule has 1 fully saturated rings. The van der Waals surface area contributed by atoms with Crippen LogP contribution in [0.3, 0.4) is 0 Å². The van der Waals surface area contributed by atoms with Gasteiger partial charge in [0.25, 0.3) is 5.92 Å². The lowest BCUT2D eigenvalue weighted by Gasteiger charge is -2.33. The Bertz CT molecular complexity index is 1270. The van der Waals surface area contributed by atoms with Crippen molar-refractivity contribution in [1.29, 1.82) is 0 Å². The van der Waals surface area contributed by atoms with Crippen molar-refractivity contribution in [3.05, 3.63) is 61.9 Å². The number of ether oxygens (including phenoxy) is 1. The van der Waals surface area contributed by atoms with Gasteiger partial charge < -0.3 is 15.2 Å². The molecule has 3 heterocycles. The normalized spacial score (nSPS) is 22.1. The molecule has 204 valence electrons. The number of likely N-dealkylation sites (tertiary alicyclic amines) is 1. The lowest BCUT2D eigenvalue weighted by Crippen LogP contribution is -2.43. The molecule has 2 aliphatic rings. The van der Waals surface area contributed by atoms with Gasteiger partial charge >= 0.3 is 11.9 Å². The third-order valence-corrected chi connectivity index (χ3v) is 7.91. The minimum Gasteiger partial charge on any atom is -0.481 e. The van der Waals surface area contributed by atoms with Crippen molar-refractivity contribution >= 4 is 45.0 Å². The minimum atomic E-state index is -3.03. The molecule has 2 aromatic rings. The molecule has 0 aliphatic carbocycles. The highest BCUT2D eigenvalue weighted by molar-refractivity contribution is 9.10. The summed E-state index contributed by atoms with van der Waals surface area (Å²) in [5.41, 5.74) is 0.861. The number of carboxylic acid groups (broad SMARTS) is 1. The first-order valence-corrected chi connectivity index (χ1v) is 13.6. The van der Waals surface area contributed by atoms with E-state index in [0.29, 0.717) is 20.9 Å². The molecule has 1 aromatic carbocycles. The first-order valence-electron chi connectivity index (χ1n) is 11.9. The average molecular weight is 615 g/mol. The van der Waals surface area contributed by atoms with Gasteiger partial charge in [0.1, 0.15) is 11.9 Å². The van der Waals surface area contributed by atoms with E-state index in [2.05, 4.69) is 26.2 Å². The Kier molecular flexibility index (Phi) is 8.58. The third-order valence-electron chi connectivity index (χ3n) is 6.44. The molecule has 4 rings (SSSR count). The maximum Gasteiger partial charge on any atom is 0.338 e. The molecule has 38 heavy (non-hydrogen) atoms. The number of halogens is 4. The summed E-state index contributed by atoms with van der Waals surface area (Å²) >= 11 is 4.66. The summed E-state index contributed by atoms with van der Waals surface area (Å²) in [7, 11) is 0. The van der Waals surface area contributed by atoms with E-state index in [1.165, 1.54) is 34.4 Å². The highest BCUT2D eigenvalue weighted by Crippen LogP contribution is 2.40. The maximum atomic E-state index is 14.6. The smallest absolute Gasteiger partial charge is 0.338 e. The predicted octanol–water partition coefficient (Wildman–Crippen LogP) is 4.77. The predicted molar refractivity (Wildman–Crippen MR) is 139 cm³/mol. The van der Waals surface area contributed by atoms with Crippen LogP contribution in [0, 0.1) is 11.7 Å². The largest absolute Gasteiger partial charge is 0.481 e. The Balaban J connectivity index is 1.82. The van der Waals surface area contributed by atoms with Gasteiger partial charge in [-0.2, -0.15) is 0 Å². The molecule has 1 unspecified atom stereocenters. The Hall–Kier alpha value is -2.77. The molecule has 0 radical (unpaired) electrons. The summed E-state index contributed by atoms with van der Waals surface area (Å²) in [6.07, 6.45) is 0.817. The number of carbonyl (C=O) groups excluding carboxylic acids is 1. The van der Waals surface area contributed by atoms with Crippen molar-refractivity contribution in [2.24, 2.45) is 10.9 Å². The molecule has 2 N–H and O–H groups in total. The number of rotatable bonds is 9. The molecule has 0 spiro atoms. The molecule has 13 heteroatoms. The number of nitrogens with zero attached hydrogens (tertiary/aromatic N) is 3. The van der Waals surface area contributed by atoms with Crippen molar-refractivity contribution in [2.75, 3.05) is 19.7 Å². The number of aliphatic carboxylic acids is 1. The summed E-state index contributed by atoms with van der Waals surface area (Å²) in [6.45, 7) is 2.63. The first kappa shape index (κ1) is 28.2. The van der Waals surface area contributed by atoms with Crippen LogP contribution >= 0.6 is 27.3 Å². The lowest BCUT2D eigenvalue weighted by atomic mass is 9.93. The summed E-state index contributed by atoms with van der Waals surface area (Å²) in [5.74, 6) is -5.53. The Labute approximate surface area is 229 Å². The topological polar surface area (TPSA) is 104 Å². The zero-order chi connectivity index (χ0) is 27.6. The van der Waals surface area contributed by atoms with Crippen LogP contribution in [0.4, 0.5) is 13.2 Å². The molecule has 1 aromatic heterocycles. The van der Waals surface area contributed by atoms with Gasteiger partial charge in [-0.05, 0) is 30.5 Å². The fourth-order valence-electron chi connectivity index (χ4n) is 4.83. The van der Waals surface area contributed by atoms with E-state index in [1.807, 2.05) is 0 Å². The first-order chi connectivity index (χ1) is 18.0. The van der Waals surface area contributed by atoms with Gasteiger partial charge in [-0.25, -0.2) is 22.9 Å². The molecule has 8 nitrogen and oxygen atoms in total. The van der Waals surface area contributed by atoms with E-state index in [1.54, 1.807) is 25.4 Å². The fraction of sp³-hybridized carbons (Fsp3) is 0.440. The van der Waals surface area contributed by atoms with E-state index in [9.17, 15) is 27.9 Å². The van der Waals surface area contributed by atoms with E-state index in [0.717, 1.165) is 0 Å². The van der Waals surface area contributed by atoms with Crippen molar-refractivity contribution in [1.82, 2.24) is 15.2 Å². The van der Waals surface area contributed by atoms with Gasteiger partial charge in [0.15, 0.2) is 10.8 Å². The number of benzene rings is 1. The number of carbonyl (C=O) groups is 2. The molecular formula is C25H26BrF3N4O4S. The quantitative estimate of drug-likeness (QED) is 0.392. The number of esters is 1. The molecule has 0 amide bonds. The second-order valence-corrected chi connectivity index (χ2v) is 11.0. The van der Waals surface area contributed by atoms with Crippen LogP contribution in [0.5, 0.6) is 0 Å². The number of nitrogens with one attached hydrogen (secondary N) is 1. The number of thiazole rings is 1. The van der Waals surface area contributed by atoms with Gasteiger partial charge in [-0.15, -0.1) is 11.3 Å². The standard InChI is InChI=1S/C25H26BrF3N4O4S/c1-3-37-24(36)20-17(11-33-12-25(28,29)10-18(33)13(2)8-19(34)35)31-22(23-30-6-7-38-23)32-21(20)15-5-4-14(27)9-16(15)26/h4-7,9,13,18,21H,3,8,10-12H2,1-2H3,(H,31,32)(H,34,35)/t13?,18-,21-/m0/s1. The van der Waals surface area contributed by atoms with Crippen LogP contribution in [0.25, 0.3) is 0 Å². The molecule has 3 atom stereocenters. The van der Waals surface area contributed by atoms with Crippen LogP contribution in [-0.4, -0.2) is 64.4 Å². The van der Waals surface area contributed by atoms with Gasteiger partial charge in [-0.3, -0.25) is 14.7 Å². The van der Waals surface area contributed by atoms with Crippen LogP contribution in [0.15, 0.2) is 50.5 Å². The Morgan fingerprint density at radius 1 is 1.39 bits per heavy atom. The lowest BCUT2D eigenvalue weighted by molar-refractivity contribution is -0.139. The fourth-order valence-corrected chi connectivity index (χ4v) is 5.99. The summed E-state index contributed by atoms with van der Waals surface area (Å²) in [6, 6.07) is 2.31. The van der Waals surface area contributed by atoms with Gasteiger partial charge in [0.05, 0.1) is 18.7 Å². The van der Waals surface area contributed by atoms with Crippen LogP contribution in [-0.2, 0) is 14.3 Å². The van der Waals surface area contributed by atoms with E-state index in [4.69, 9.17) is 9.73 Å². The Morgan fingerprint density at radius 3 is 2.79 bits per heavy atom. The monoisotopic (exact) mass is 614 g/mol. The van der Waals surface area contributed by atoms with Crippen LogP contribution < -0.4 is 5.32 Å². The zero-order valence-corrected chi connectivity index (χ0v) is 23.0. The number of alkyl halides is 2. The molecule has 2 aliphatic heterocycles. The second-order valence-electron chi connectivity index (χ2n) is 9.23. The molecular weight excluding hydrogens is 589 g/mol. The summed E-state index contributed by atoms with van der Waals surface area (Å²) in [5, 5.41) is 14.6. The van der Waals surface area contributed by atoms with E-state index in [-0.39, 0.29) is 30.8 Å². The van der Waals surface area contributed by atoms with E-state index >= 15 is 0 Å². The number of carboxylic acids is 1. The SMILES string of the molecule is CCOC(=O)C1=C(CN2CC(F)(F)C[C@H]2C(C)CC(=O)O)NC(c2nccs2)=N[C@H]1c1ccc(F)cc1Br. The number of hydrogen-bond acceptors (Lipinski definition) is 8. The van der Waals surface area contributed by atoms with Crippen LogP contribution in [0.2, 0.25) is 0 Å². The Morgan fingerprint density at radius 2 is 2.16 bits per heavy atom. The maximum absolute atomic E-state index is 14.6. The van der Waals surface area contributed by atoms with Crippen molar-refractivity contribution in [3.63, 3.8) is 0 Å². The van der Waals surface area contributed by atoms with Gasteiger partial charge in [0, 0.05) is 47.2 Å². The molecule has 0 saturated carbocycles. The van der Waals surface area contributed by atoms with Crippen molar-refractivity contribution in [3.8, 4) is 0 Å². The van der Waals surface area contributed by atoms with Crippen molar-refractivity contribution in [2.45, 2.75) is 44.7 Å². The van der Waals surface area contributed by atoms with E-state index < -0.39 is 54.6 Å². The number of aromatic nitrogens is 1. The average Bonchev–Trinajstić information content (AvgIpc) is 3.46.